The maximum Gasteiger partial charge on any atom is 0.0756 e. The van der Waals surface area contributed by atoms with Crippen molar-refractivity contribution in [1.82, 2.24) is 15.1 Å². The van der Waals surface area contributed by atoms with E-state index in [1.54, 1.807) is 0 Å². The van der Waals surface area contributed by atoms with E-state index in [-0.39, 0.29) is 5.41 Å². The van der Waals surface area contributed by atoms with E-state index in [2.05, 4.69) is 75.5 Å². The second kappa shape index (κ2) is 6.02. The molecule has 0 spiro atoms. The van der Waals surface area contributed by atoms with Gasteiger partial charge in [-0.05, 0) is 17.2 Å². The van der Waals surface area contributed by atoms with Crippen LogP contribution in [0.2, 0.25) is 0 Å². The van der Waals surface area contributed by atoms with E-state index in [0.717, 1.165) is 12.2 Å². The monoisotopic (exact) mass is 285 g/mol. The quantitative estimate of drug-likeness (QED) is 0.924. The minimum absolute atomic E-state index is 0.0444. The Kier molecular flexibility index (Phi) is 4.52. The Labute approximate surface area is 128 Å². The number of rotatable bonds is 4. The molecule has 0 saturated heterocycles. The summed E-state index contributed by atoms with van der Waals surface area (Å²) in [5, 5.41) is 8.13. The third-order valence-corrected chi connectivity index (χ3v) is 3.49. The lowest BCUT2D eigenvalue weighted by Crippen LogP contribution is -2.21. The number of hydrogen-bond donors (Lipinski definition) is 1. The van der Waals surface area contributed by atoms with Gasteiger partial charge in [0, 0.05) is 36.8 Å². The summed E-state index contributed by atoms with van der Waals surface area (Å²) < 4.78 is 1.91. The molecule has 0 bridgehead atoms. The van der Waals surface area contributed by atoms with Crippen LogP contribution in [0.1, 0.15) is 45.9 Å². The van der Waals surface area contributed by atoms with Crippen molar-refractivity contribution < 1.29 is 0 Å². The summed E-state index contributed by atoms with van der Waals surface area (Å²) in [6.45, 7) is 11.9. The molecule has 1 aromatic heterocycles. The Morgan fingerprint density at radius 3 is 2.57 bits per heavy atom. The van der Waals surface area contributed by atoms with Gasteiger partial charge in [-0.15, -0.1) is 0 Å². The average molecular weight is 285 g/mol. The van der Waals surface area contributed by atoms with Crippen LogP contribution in [0.4, 0.5) is 0 Å². The molecule has 0 unspecified atom stereocenters. The molecule has 114 valence electrons. The van der Waals surface area contributed by atoms with Gasteiger partial charge in [-0.3, -0.25) is 4.68 Å². The third kappa shape index (κ3) is 3.94. The van der Waals surface area contributed by atoms with E-state index in [9.17, 15) is 0 Å². The Morgan fingerprint density at radius 1 is 1.24 bits per heavy atom. The van der Waals surface area contributed by atoms with Crippen LogP contribution in [0.15, 0.2) is 30.5 Å². The molecule has 1 aromatic carbocycles. The molecule has 0 amide bonds. The van der Waals surface area contributed by atoms with Crippen LogP contribution in [0, 0.1) is 0 Å². The van der Waals surface area contributed by atoms with Gasteiger partial charge in [0.15, 0.2) is 0 Å². The minimum Gasteiger partial charge on any atom is -0.310 e. The number of nitrogens with zero attached hydrogens (tertiary/aromatic N) is 2. The van der Waals surface area contributed by atoms with Gasteiger partial charge in [0.1, 0.15) is 0 Å². The number of aromatic nitrogens is 2. The largest absolute Gasteiger partial charge is 0.310 e. The summed E-state index contributed by atoms with van der Waals surface area (Å²) in [4.78, 5) is 0. The molecule has 0 aliphatic heterocycles. The van der Waals surface area contributed by atoms with Crippen molar-refractivity contribution in [3.63, 3.8) is 0 Å². The smallest absolute Gasteiger partial charge is 0.0756 e. The topological polar surface area (TPSA) is 29.9 Å². The van der Waals surface area contributed by atoms with E-state index in [0.29, 0.717) is 6.04 Å². The van der Waals surface area contributed by atoms with E-state index in [1.165, 1.54) is 16.7 Å². The molecule has 21 heavy (non-hydrogen) atoms. The van der Waals surface area contributed by atoms with Crippen molar-refractivity contribution in [3.8, 4) is 11.1 Å². The highest BCUT2D eigenvalue weighted by atomic mass is 15.3. The van der Waals surface area contributed by atoms with Crippen LogP contribution < -0.4 is 5.32 Å². The summed E-state index contributed by atoms with van der Waals surface area (Å²) in [5.41, 5.74) is 4.99. The van der Waals surface area contributed by atoms with Gasteiger partial charge in [-0.25, -0.2) is 0 Å². The second-order valence-electron chi connectivity index (χ2n) is 7.05. The van der Waals surface area contributed by atoms with Crippen molar-refractivity contribution in [2.75, 3.05) is 0 Å². The van der Waals surface area contributed by atoms with Crippen molar-refractivity contribution in [2.45, 2.75) is 52.6 Å². The molecule has 1 N–H and O–H groups in total. The highest BCUT2D eigenvalue weighted by Crippen LogP contribution is 2.32. The van der Waals surface area contributed by atoms with E-state index >= 15 is 0 Å². The van der Waals surface area contributed by atoms with E-state index < -0.39 is 0 Å². The summed E-state index contributed by atoms with van der Waals surface area (Å²) in [6, 6.07) is 9.24. The Balaban J connectivity index is 2.36. The summed E-state index contributed by atoms with van der Waals surface area (Å²) in [7, 11) is 1.99. The van der Waals surface area contributed by atoms with Gasteiger partial charge in [0.2, 0.25) is 0 Å². The minimum atomic E-state index is 0.0444. The number of benzene rings is 1. The van der Waals surface area contributed by atoms with Crippen LogP contribution in [-0.4, -0.2) is 15.8 Å². The van der Waals surface area contributed by atoms with Crippen molar-refractivity contribution in [1.29, 1.82) is 0 Å². The second-order valence-corrected chi connectivity index (χ2v) is 7.05. The molecule has 3 heteroatoms. The van der Waals surface area contributed by atoms with Crippen molar-refractivity contribution in [2.24, 2.45) is 7.05 Å². The molecule has 3 nitrogen and oxygen atoms in total. The average Bonchev–Trinajstić information content (AvgIpc) is 2.79. The normalized spacial score (nSPS) is 12.1. The number of hydrogen-bond acceptors (Lipinski definition) is 2. The van der Waals surface area contributed by atoms with Gasteiger partial charge in [-0.2, -0.15) is 5.10 Å². The highest BCUT2D eigenvalue weighted by molar-refractivity contribution is 5.67. The molecule has 2 aromatic rings. The lowest BCUT2D eigenvalue weighted by Gasteiger charge is -2.18. The standard InChI is InChI=1S/C18H27N3/c1-13(2)19-11-14-8-7-9-15(10-14)16-12-21(6)20-17(16)18(3,4)5/h7-10,12-13,19H,11H2,1-6H3. The highest BCUT2D eigenvalue weighted by Gasteiger charge is 2.22. The van der Waals surface area contributed by atoms with Crippen molar-refractivity contribution >= 4 is 0 Å². The fourth-order valence-electron chi connectivity index (χ4n) is 2.42. The fraction of sp³-hybridized carbons (Fsp3) is 0.500. The molecule has 0 radical (unpaired) electrons. The molecule has 0 saturated carbocycles. The van der Waals surface area contributed by atoms with Gasteiger partial charge in [0.05, 0.1) is 5.69 Å². The molecule has 0 aliphatic rings. The molecule has 0 aliphatic carbocycles. The molecule has 0 fully saturated rings. The number of aryl methyl sites for hydroxylation is 1. The summed E-state index contributed by atoms with van der Waals surface area (Å²) in [5.74, 6) is 0. The first-order chi connectivity index (χ1) is 9.77. The Hall–Kier alpha value is -1.61. The molecule has 2 rings (SSSR count). The number of nitrogens with one attached hydrogen (secondary N) is 1. The van der Waals surface area contributed by atoms with Gasteiger partial charge in [-0.1, -0.05) is 52.8 Å². The van der Waals surface area contributed by atoms with Crippen LogP contribution in [-0.2, 0) is 19.0 Å². The molecule has 0 atom stereocenters. The van der Waals surface area contributed by atoms with Gasteiger partial charge in [0.25, 0.3) is 0 Å². The van der Waals surface area contributed by atoms with Crippen LogP contribution in [0.25, 0.3) is 11.1 Å². The first-order valence-corrected chi connectivity index (χ1v) is 7.64. The van der Waals surface area contributed by atoms with E-state index in [1.807, 2.05) is 11.7 Å². The lowest BCUT2D eigenvalue weighted by molar-refractivity contribution is 0.554. The zero-order chi connectivity index (χ0) is 15.6. The van der Waals surface area contributed by atoms with Crippen LogP contribution >= 0.6 is 0 Å². The predicted octanol–water partition coefficient (Wildman–Crippen LogP) is 3.88. The zero-order valence-electron chi connectivity index (χ0n) is 14.1. The maximum absolute atomic E-state index is 4.66. The Bertz CT molecular complexity index is 603. The zero-order valence-corrected chi connectivity index (χ0v) is 14.1. The fourth-order valence-corrected chi connectivity index (χ4v) is 2.42. The summed E-state index contributed by atoms with van der Waals surface area (Å²) in [6.07, 6.45) is 2.12. The van der Waals surface area contributed by atoms with Crippen LogP contribution in [0.5, 0.6) is 0 Å². The third-order valence-electron chi connectivity index (χ3n) is 3.49. The van der Waals surface area contributed by atoms with Gasteiger partial charge < -0.3 is 5.32 Å². The van der Waals surface area contributed by atoms with E-state index in [4.69, 9.17) is 0 Å². The summed E-state index contributed by atoms with van der Waals surface area (Å²) >= 11 is 0. The molecular weight excluding hydrogens is 258 g/mol. The van der Waals surface area contributed by atoms with Crippen LogP contribution in [0.3, 0.4) is 0 Å². The SMILES string of the molecule is CC(C)NCc1cccc(-c2cn(C)nc2C(C)(C)C)c1. The predicted molar refractivity (Wildman–Crippen MR) is 89.3 cm³/mol. The first-order valence-electron chi connectivity index (χ1n) is 7.64. The first kappa shape index (κ1) is 15.8. The van der Waals surface area contributed by atoms with Gasteiger partial charge >= 0.3 is 0 Å². The Morgan fingerprint density at radius 2 is 1.95 bits per heavy atom. The van der Waals surface area contributed by atoms with Crippen molar-refractivity contribution in [3.05, 3.63) is 41.7 Å². The molecule has 1 heterocycles. The molecular formula is C18H27N3. The lowest BCUT2D eigenvalue weighted by atomic mass is 9.87. The maximum atomic E-state index is 4.66.